The van der Waals surface area contributed by atoms with Crippen molar-refractivity contribution in [2.24, 2.45) is 5.73 Å². The van der Waals surface area contributed by atoms with Crippen molar-refractivity contribution in [1.29, 1.82) is 0 Å². The van der Waals surface area contributed by atoms with Crippen LogP contribution in [0.3, 0.4) is 0 Å². The molecule has 6 N–H and O–H groups in total. The van der Waals surface area contributed by atoms with Gasteiger partial charge < -0.3 is 30.9 Å². The van der Waals surface area contributed by atoms with Crippen molar-refractivity contribution in [2.75, 3.05) is 13.7 Å². The average molecular weight is 426 g/mol. The quantitative estimate of drug-likeness (QED) is 0.389. The number of aromatic nitrogens is 1. The zero-order valence-electron chi connectivity index (χ0n) is 15.6. The molecule has 0 aliphatic rings. The molecule has 0 aliphatic carbocycles. The van der Waals surface area contributed by atoms with E-state index in [-0.39, 0.29) is 0 Å². The zero-order chi connectivity index (χ0) is 22.0. The molecule has 0 spiro atoms. The third kappa shape index (κ3) is 7.86. The summed E-state index contributed by atoms with van der Waals surface area (Å²) in [7, 11) is 1.66. The molecule has 0 aliphatic heterocycles. The molecule has 1 aromatic heterocycles. The topological polar surface area (TPSA) is 180 Å². The highest BCUT2D eigenvalue weighted by atomic mass is 32.1. The Labute approximate surface area is 170 Å². The lowest BCUT2D eigenvalue weighted by Gasteiger charge is -2.18. The van der Waals surface area contributed by atoms with Gasteiger partial charge in [0.15, 0.2) is 5.60 Å². The van der Waals surface area contributed by atoms with Crippen molar-refractivity contribution in [2.45, 2.75) is 24.9 Å². The summed E-state index contributed by atoms with van der Waals surface area (Å²) >= 11 is 1.65. The standard InChI is InChI=1S/C12H14N2OS.C6H8O7/c1-15-11-4-2-9(3-5-11)12-14-10(6-7-13)8-16-12;7-3(8)1-6(13,5(11)12)2-4(9)10/h2-5,8H,6-7,13H2,1H3;13H,1-2H2,(H,7,8)(H,9,10)(H,11,12). The summed E-state index contributed by atoms with van der Waals surface area (Å²) in [5.41, 5.74) is 4.94. The van der Waals surface area contributed by atoms with Crippen molar-refractivity contribution in [1.82, 2.24) is 4.98 Å². The molecule has 0 unspecified atom stereocenters. The second kappa shape index (κ2) is 11.1. The van der Waals surface area contributed by atoms with Crippen LogP contribution < -0.4 is 10.5 Å². The van der Waals surface area contributed by atoms with E-state index >= 15 is 0 Å². The van der Waals surface area contributed by atoms with Crippen molar-refractivity contribution in [3.05, 3.63) is 35.3 Å². The summed E-state index contributed by atoms with van der Waals surface area (Å²) in [4.78, 5) is 35.0. The van der Waals surface area contributed by atoms with Crippen LogP contribution in [0.15, 0.2) is 29.6 Å². The van der Waals surface area contributed by atoms with E-state index in [0.717, 1.165) is 28.4 Å². The number of carboxylic acid groups (broad SMARTS) is 3. The first-order chi connectivity index (χ1) is 13.6. The predicted molar refractivity (Wildman–Crippen MR) is 104 cm³/mol. The van der Waals surface area contributed by atoms with Gasteiger partial charge in [0.1, 0.15) is 10.8 Å². The maximum absolute atomic E-state index is 10.3. The van der Waals surface area contributed by atoms with E-state index in [1.54, 1.807) is 18.4 Å². The number of aliphatic hydroxyl groups is 1. The highest BCUT2D eigenvalue weighted by Gasteiger charge is 2.40. The summed E-state index contributed by atoms with van der Waals surface area (Å²) in [6.07, 6.45) is -1.45. The number of benzene rings is 1. The van der Waals surface area contributed by atoms with Gasteiger partial charge in [-0.2, -0.15) is 0 Å². The number of ether oxygens (including phenoxy) is 1. The number of thiazole rings is 1. The van der Waals surface area contributed by atoms with Gasteiger partial charge in [-0.1, -0.05) is 0 Å². The summed E-state index contributed by atoms with van der Waals surface area (Å²) in [5, 5.41) is 36.9. The van der Waals surface area contributed by atoms with Crippen molar-refractivity contribution >= 4 is 29.2 Å². The van der Waals surface area contributed by atoms with Crippen LogP contribution in [-0.4, -0.2) is 62.6 Å². The molecule has 1 aromatic carbocycles. The van der Waals surface area contributed by atoms with E-state index in [1.807, 2.05) is 24.3 Å². The minimum Gasteiger partial charge on any atom is -0.497 e. The molecule has 0 saturated heterocycles. The molecule has 10 nitrogen and oxygen atoms in total. The van der Waals surface area contributed by atoms with Crippen LogP contribution in [0.5, 0.6) is 5.75 Å². The molecule has 0 bridgehead atoms. The summed E-state index contributed by atoms with van der Waals surface area (Å²) in [6.45, 7) is 0.645. The Morgan fingerprint density at radius 2 is 1.66 bits per heavy atom. The van der Waals surface area contributed by atoms with Gasteiger partial charge in [0.05, 0.1) is 25.6 Å². The molecule has 0 radical (unpaired) electrons. The molecule has 11 heteroatoms. The fourth-order valence-electron chi connectivity index (χ4n) is 2.15. The lowest BCUT2D eigenvalue weighted by atomic mass is 9.96. The minimum absolute atomic E-state index is 0.645. The minimum atomic E-state index is -2.74. The number of hydrogen-bond acceptors (Lipinski definition) is 8. The van der Waals surface area contributed by atoms with Gasteiger partial charge in [0.2, 0.25) is 0 Å². The number of aliphatic carboxylic acids is 3. The predicted octanol–water partition coefficient (Wildman–Crippen LogP) is 1.07. The lowest BCUT2D eigenvalue weighted by molar-refractivity contribution is -0.170. The molecule has 0 atom stereocenters. The lowest BCUT2D eigenvalue weighted by Crippen LogP contribution is -2.42. The van der Waals surface area contributed by atoms with Gasteiger partial charge in [-0.3, -0.25) is 9.59 Å². The first kappa shape index (κ1) is 24.0. The smallest absolute Gasteiger partial charge is 0.336 e. The Kier molecular flexibility index (Phi) is 9.19. The van der Waals surface area contributed by atoms with Gasteiger partial charge in [-0.05, 0) is 30.8 Å². The largest absolute Gasteiger partial charge is 0.497 e. The Morgan fingerprint density at radius 3 is 2.07 bits per heavy atom. The van der Waals surface area contributed by atoms with Gasteiger partial charge in [0.25, 0.3) is 0 Å². The molecule has 2 rings (SSSR count). The van der Waals surface area contributed by atoms with E-state index in [0.29, 0.717) is 6.54 Å². The molecule has 2 aromatic rings. The highest BCUT2D eigenvalue weighted by Crippen LogP contribution is 2.25. The van der Waals surface area contributed by atoms with Crippen molar-refractivity contribution < 1.29 is 39.5 Å². The van der Waals surface area contributed by atoms with Gasteiger partial charge in [0, 0.05) is 17.4 Å². The second-order valence-electron chi connectivity index (χ2n) is 5.89. The van der Waals surface area contributed by atoms with Crippen LogP contribution in [0.4, 0.5) is 0 Å². The number of hydrogen-bond donors (Lipinski definition) is 5. The van der Waals surface area contributed by atoms with Crippen LogP contribution in [0.2, 0.25) is 0 Å². The fraction of sp³-hybridized carbons (Fsp3) is 0.333. The molecule has 0 fully saturated rings. The summed E-state index contributed by atoms with van der Waals surface area (Å²) in [5.74, 6) is -4.16. The number of carbonyl (C=O) groups is 3. The zero-order valence-corrected chi connectivity index (χ0v) is 16.4. The van der Waals surface area contributed by atoms with Gasteiger partial charge in [-0.15, -0.1) is 11.3 Å². The Hall–Kier alpha value is -3.02. The molecule has 1 heterocycles. The Bertz CT molecular complexity index is 819. The molecular weight excluding hydrogens is 404 g/mol. The van der Waals surface area contributed by atoms with Crippen LogP contribution in [-0.2, 0) is 20.8 Å². The number of methoxy groups -OCH3 is 1. The normalized spacial score (nSPS) is 10.6. The van der Waals surface area contributed by atoms with Crippen LogP contribution in [0, 0.1) is 0 Å². The number of rotatable bonds is 9. The van der Waals surface area contributed by atoms with Crippen LogP contribution in [0.25, 0.3) is 10.6 Å². The molecule has 158 valence electrons. The monoisotopic (exact) mass is 426 g/mol. The number of carboxylic acids is 3. The Balaban J connectivity index is 0.000000298. The summed E-state index contributed by atoms with van der Waals surface area (Å²) < 4.78 is 5.12. The number of nitrogens with two attached hydrogens (primary N) is 1. The van der Waals surface area contributed by atoms with Crippen LogP contribution in [0.1, 0.15) is 18.5 Å². The third-order valence-corrected chi connectivity index (χ3v) is 4.51. The highest BCUT2D eigenvalue weighted by molar-refractivity contribution is 7.13. The van der Waals surface area contributed by atoms with E-state index < -0.39 is 36.4 Å². The maximum atomic E-state index is 10.3. The molecule has 0 amide bonds. The Morgan fingerprint density at radius 1 is 1.10 bits per heavy atom. The first-order valence-corrected chi connectivity index (χ1v) is 9.17. The molecular formula is C18H22N2O8S. The first-order valence-electron chi connectivity index (χ1n) is 8.29. The number of nitrogens with zero attached hydrogens (tertiary/aromatic N) is 1. The van der Waals surface area contributed by atoms with Gasteiger partial charge >= 0.3 is 17.9 Å². The second-order valence-corrected chi connectivity index (χ2v) is 6.75. The average Bonchev–Trinajstić information content (AvgIpc) is 3.10. The SMILES string of the molecule is COc1ccc(-c2nc(CCN)cs2)cc1.O=C(O)CC(O)(CC(=O)O)C(=O)O. The molecule has 0 saturated carbocycles. The van der Waals surface area contributed by atoms with Crippen molar-refractivity contribution in [3.8, 4) is 16.3 Å². The van der Waals surface area contributed by atoms with Crippen LogP contribution >= 0.6 is 11.3 Å². The van der Waals surface area contributed by atoms with E-state index in [9.17, 15) is 14.4 Å². The van der Waals surface area contributed by atoms with Crippen molar-refractivity contribution in [3.63, 3.8) is 0 Å². The van der Waals surface area contributed by atoms with Gasteiger partial charge in [-0.25, -0.2) is 9.78 Å². The van der Waals surface area contributed by atoms with E-state index in [4.69, 9.17) is 30.9 Å². The van der Waals surface area contributed by atoms with E-state index in [1.165, 1.54) is 0 Å². The molecule has 29 heavy (non-hydrogen) atoms. The summed E-state index contributed by atoms with van der Waals surface area (Å²) in [6, 6.07) is 7.92. The van der Waals surface area contributed by atoms with E-state index in [2.05, 4.69) is 10.4 Å². The maximum Gasteiger partial charge on any atom is 0.336 e. The fourth-order valence-corrected chi connectivity index (χ4v) is 3.01. The third-order valence-electron chi connectivity index (χ3n) is 3.57.